The summed E-state index contributed by atoms with van der Waals surface area (Å²) in [5.41, 5.74) is 7.93. The number of nitrogens with zero attached hydrogens (tertiary/aromatic N) is 1. The van der Waals surface area contributed by atoms with Crippen molar-refractivity contribution in [2.24, 2.45) is 11.1 Å². The number of allylic oxidation sites excluding steroid dienone is 3. The average molecular weight is 305 g/mol. The topological polar surface area (TPSA) is 75.4 Å². The van der Waals surface area contributed by atoms with Gasteiger partial charge >= 0.3 is 6.03 Å². The summed E-state index contributed by atoms with van der Waals surface area (Å²) in [5, 5.41) is 2.66. The van der Waals surface area contributed by atoms with Crippen molar-refractivity contribution in [1.82, 2.24) is 10.2 Å². The third kappa shape index (κ3) is 3.90. The summed E-state index contributed by atoms with van der Waals surface area (Å²) in [7, 11) is 0. The van der Waals surface area contributed by atoms with E-state index in [-0.39, 0.29) is 17.4 Å². The number of nitrogens with one attached hydrogen (secondary N) is 1. The van der Waals surface area contributed by atoms with Crippen LogP contribution in [-0.2, 0) is 4.79 Å². The molecule has 2 aliphatic rings. The van der Waals surface area contributed by atoms with Crippen molar-refractivity contribution in [3.63, 3.8) is 0 Å². The van der Waals surface area contributed by atoms with Gasteiger partial charge in [-0.2, -0.15) is 0 Å². The van der Waals surface area contributed by atoms with Crippen LogP contribution in [0.3, 0.4) is 0 Å². The number of carbonyl (C=O) groups excluding carboxylic acids is 2. The van der Waals surface area contributed by atoms with Crippen LogP contribution in [-0.4, -0.2) is 36.0 Å². The van der Waals surface area contributed by atoms with E-state index >= 15 is 0 Å². The Morgan fingerprint density at radius 1 is 1.41 bits per heavy atom. The summed E-state index contributed by atoms with van der Waals surface area (Å²) in [4.78, 5) is 24.9. The molecule has 0 aromatic carbocycles. The molecular formula is C17H27N3O2. The Bertz CT molecular complexity index is 520. The van der Waals surface area contributed by atoms with Crippen molar-refractivity contribution in [3.05, 3.63) is 23.3 Å². The molecule has 0 radical (unpaired) electrons. The van der Waals surface area contributed by atoms with Crippen LogP contribution in [0.15, 0.2) is 23.3 Å². The van der Waals surface area contributed by atoms with E-state index in [4.69, 9.17) is 5.73 Å². The van der Waals surface area contributed by atoms with E-state index in [2.05, 4.69) is 26.1 Å². The fourth-order valence-corrected chi connectivity index (χ4v) is 3.55. The van der Waals surface area contributed by atoms with Crippen LogP contribution < -0.4 is 11.1 Å². The molecule has 1 aliphatic heterocycles. The average Bonchev–Trinajstić information content (AvgIpc) is 2.84. The van der Waals surface area contributed by atoms with Crippen molar-refractivity contribution in [3.8, 4) is 0 Å². The van der Waals surface area contributed by atoms with Crippen LogP contribution in [0, 0.1) is 5.41 Å². The third-order valence-electron chi connectivity index (χ3n) is 4.78. The molecule has 1 atom stereocenters. The maximum Gasteiger partial charge on any atom is 0.312 e. The first kappa shape index (κ1) is 16.6. The Morgan fingerprint density at radius 3 is 2.77 bits per heavy atom. The maximum atomic E-state index is 12.3. The van der Waals surface area contributed by atoms with Gasteiger partial charge in [0.15, 0.2) is 0 Å². The highest BCUT2D eigenvalue weighted by Crippen LogP contribution is 2.40. The molecule has 1 saturated heterocycles. The van der Waals surface area contributed by atoms with E-state index in [1.54, 1.807) is 11.0 Å². The number of hydrogen-bond donors (Lipinski definition) is 2. The predicted octanol–water partition coefficient (Wildman–Crippen LogP) is 2.34. The second kappa shape index (κ2) is 6.55. The molecule has 0 aromatic heterocycles. The molecular weight excluding hydrogens is 278 g/mol. The summed E-state index contributed by atoms with van der Waals surface area (Å²) in [6.07, 6.45) is 7.93. The van der Waals surface area contributed by atoms with Crippen LogP contribution in [0.2, 0.25) is 0 Å². The SMILES string of the molecule is CC1=C(/C=C/C(=O)N2CC[C@@H](NC(N)=O)C2)C(C)(C)CCC1. The van der Waals surface area contributed by atoms with Gasteiger partial charge in [-0.15, -0.1) is 0 Å². The molecule has 0 bridgehead atoms. The monoisotopic (exact) mass is 305 g/mol. The number of rotatable bonds is 3. The molecule has 0 unspecified atom stereocenters. The number of hydrogen-bond acceptors (Lipinski definition) is 2. The van der Waals surface area contributed by atoms with Crippen LogP contribution in [0.5, 0.6) is 0 Å². The van der Waals surface area contributed by atoms with Crippen LogP contribution in [0.1, 0.15) is 46.5 Å². The van der Waals surface area contributed by atoms with Crippen LogP contribution >= 0.6 is 0 Å². The first-order chi connectivity index (χ1) is 10.3. The highest BCUT2D eigenvalue weighted by atomic mass is 16.2. The molecule has 3 amide bonds. The molecule has 1 aliphatic carbocycles. The summed E-state index contributed by atoms with van der Waals surface area (Å²) < 4.78 is 0. The molecule has 1 fully saturated rings. The van der Waals surface area contributed by atoms with E-state index in [1.807, 2.05) is 6.08 Å². The lowest BCUT2D eigenvalue weighted by Crippen LogP contribution is -2.40. The zero-order valence-electron chi connectivity index (χ0n) is 13.8. The largest absolute Gasteiger partial charge is 0.352 e. The molecule has 5 heteroatoms. The molecule has 22 heavy (non-hydrogen) atoms. The lowest BCUT2D eigenvalue weighted by Gasteiger charge is -2.33. The molecule has 0 aromatic rings. The van der Waals surface area contributed by atoms with E-state index < -0.39 is 6.03 Å². The minimum Gasteiger partial charge on any atom is -0.352 e. The van der Waals surface area contributed by atoms with Gasteiger partial charge in [-0.25, -0.2) is 4.79 Å². The van der Waals surface area contributed by atoms with Gasteiger partial charge in [0.2, 0.25) is 5.91 Å². The van der Waals surface area contributed by atoms with Gasteiger partial charge < -0.3 is 16.0 Å². The number of primary amides is 1. The third-order valence-corrected chi connectivity index (χ3v) is 4.78. The van der Waals surface area contributed by atoms with Crippen LogP contribution in [0.4, 0.5) is 4.79 Å². The van der Waals surface area contributed by atoms with Gasteiger partial charge in [-0.3, -0.25) is 4.79 Å². The van der Waals surface area contributed by atoms with Gasteiger partial charge in [0.05, 0.1) is 0 Å². The Hall–Kier alpha value is -1.78. The summed E-state index contributed by atoms with van der Waals surface area (Å²) >= 11 is 0. The Kier molecular flexibility index (Phi) is 4.94. The van der Waals surface area contributed by atoms with Gasteiger partial charge in [-0.1, -0.05) is 25.5 Å². The molecule has 0 saturated carbocycles. The van der Waals surface area contributed by atoms with E-state index in [1.165, 1.54) is 17.6 Å². The van der Waals surface area contributed by atoms with Crippen molar-refractivity contribution in [1.29, 1.82) is 0 Å². The smallest absolute Gasteiger partial charge is 0.312 e. The molecule has 5 nitrogen and oxygen atoms in total. The second-order valence-corrected chi connectivity index (χ2v) is 7.04. The number of carbonyl (C=O) groups is 2. The molecule has 2 rings (SSSR count). The van der Waals surface area contributed by atoms with Gasteiger partial charge in [0.1, 0.15) is 0 Å². The predicted molar refractivity (Wildman–Crippen MR) is 87.2 cm³/mol. The number of urea groups is 1. The zero-order valence-corrected chi connectivity index (χ0v) is 13.8. The van der Waals surface area contributed by atoms with E-state index in [9.17, 15) is 9.59 Å². The number of amides is 3. The standard InChI is InChI=1S/C17H27N3O2/c1-12-5-4-9-17(2,3)14(12)6-7-15(21)20-10-8-13(11-20)19-16(18)22/h6-7,13H,4-5,8-11H2,1-3H3,(H3,18,19,22)/b7-6+/t13-/m1/s1. The van der Waals surface area contributed by atoms with Gasteiger partial charge in [0, 0.05) is 25.2 Å². The summed E-state index contributed by atoms with van der Waals surface area (Å²) in [6.45, 7) is 7.84. The first-order valence-corrected chi connectivity index (χ1v) is 8.03. The first-order valence-electron chi connectivity index (χ1n) is 8.03. The minimum absolute atomic E-state index is 0.00967. The second-order valence-electron chi connectivity index (χ2n) is 7.04. The van der Waals surface area contributed by atoms with Crippen LogP contribution in [0.25, 0.3) is 0 Å². The Balaban J connectivity index is 1.99. The lowest BCUT2D eigenvalue weighted by atomic mass is 9.72. The van der Waals surface area contributed by atoms with Crippen molar-refractivity contribution < 1.29 is 9.59 Å². The lowest BCUT2D eigenvalue weighted by molar-refractivity contribution is -0.125. The number of likely N-dealkylation sites (tertiary alicyclic amines) is 1. The Morgan fingerprint density at radius 2 is 2.14 bits per heavy atom. The summed E-state index contributed by atoms with van der Waals surface area (Å²) in [5.74, 6) is 0.00967. The fraction of sp³-hybridized carbons (Fsp3) is 0.647. The van der Waals surface area contributed by atoms with Crippen molar-refractivity contribution in [2.75, 3.05) is 13.1 Å². The quantitative estimate of drug-likeness (QED) is 0.785. The number of nitrogens with two attached hydrogens (primary N) is 1. The zero-order chi connectivity index (χ0) is 16.3. The minimum atomic E-state index is -0.528. The van der Waals surface area contributed by atoms with Gasteiger partial charge in [0.25, 0.3) is 0 Å². The van der Waals surface area contributed by atoms with E-state index in [0.717, 1.165) is 19.3 Å². The van der Waals surface area contributed by atoms with Crippen molar-refractivity contribution >= 4 is 11.9 Å². The Labute approximate surface area is 132 Å². The molecule has 0 spiro atoms. The normalized spacial score (nSPS) is 24.9. The van der Waals surface area contributed by atoms with E-state index in [0.29, 0.717) is 13.1 Å². The molecule has 122 valence electrons. The fourth-order valence-electron chi connectivity index (χ4n) is 3.55. The maximum absolute atomic E-state index is 12.3. The summed E-state index contributed by atoms with van der Waals surface area (Å²) in [6, 6.07) is -0.554. The molecule has 3 N–H and O–H groups in total. The highest BCUT2D eigenvalue weighted by Gasteiger charge is 2.28. The molecule has 1 heterocycles. The van der Waals surface area contributed by atoms with Crippen molar-refractivity contribution in [2.45, 2.75) is 52.5 Å². The van der Waals surface area contributed by atoms with Gasteiger partial charge in [-0.05, 0) is 43.6 Å². The highest BCUT2D eigenvalue weighted by molar-refractivity contribution is 5.88.